The standard InChI is InChI=1S/C14H26N6/c1-4-11(3)17-14(15-5-2)16-10-13-19-18-12-8-6-7-9-20(12)13/h11H,4-10H2,1-3H3,(H2,15,16,17). The van der Waals surface area contributed by atoms with Crippen molar-refractivity contribution in [1.29, 1.82) is 0 Å². The van der Waals surface area contributed by atoms with E-state index >= 15 is 0 Å². The number of rotatable bonds is 5. The topological polar surface area (TPSA) is 67.1 Å². The van der Waals surface area contributed by atoms with Gasteiger partial charge in [0.1, 0.15) is 12.4 Å². The van der Waals surface area contributed by atoms with Crippen LogP contribution in [0.4, 0.5) is 0 Å². The highest BCUT2D eigenvalue weighted by molar-refractivity contribution is 5.79. The van der Waals surface area contributed by atoms with Gasteiger partial charge in [-0.05, 0) is 33.1 Å². The van der Waals surface area contributed by atoms with Crippen LogP contribution in [0.25, 0.3) is 0 Å². The average Bonchev–Trinajstić information content (AvgIpc) is 2.88. The van der Waals surface area contributed by atoms with Crippen molar-refractivity contribution in [2.24, 2.45) is 4.99 Å². The molecule has 6 nitrogen and oxygen atoms in total. The Labute approximate surface area is 121 Å². The highest BCUT2D eigenvalue weighted by Gasteiger charge is 2.15. The van der Waals surface area contributed by atoms with Gasteiger partial charge in [-0.1, -0.05) is 6.92 Å². The Morgan fingerprint density at radius 2 is 2.20 bits per heavy atom. The molecule has 1 atom stereocenters. The lowest BCUT2D eigenvalue weighted by atomic mass is 10.2. The first-order chi connectivity index (χ1) is 9.74. The van der Waals surface area contributed by atoms with Crippen molar-refractivity contribution in [2.75, 3.05) is 6.54 Å². The van der Waals surface area contributed by atoms with Crippen LogP contribution in [-0.2, 0) is 19.5 Å². The Morgan fingerprint density at radius 1 is 1.35 bits per heavy atom. The van der Waals surface area contributed by atoms with E-state index in [1.165, 1.54) is 12.8 Å². The van der Waals surface area contributed by atoms with Crippen LogP contribution in [0.3, 0.4) is 0 Å². The Kier molecular flexibility index (Phi) is 5.38. The van der Waals surface area contributed by atoms with E-state index in [9.17, 15) is 0 Å². The highest BCUT2D eigenvalue weighted by atomic mass is 15.3. The molecule has 0 amide bonds. The fraction of sp³-hybridized carbons (Fsp3) is 0.786. The largest absolute Gasteiger partial charge is 0.357 e. The molecular weight excluding hydrogens is 252 g/mol. The van der Waals surface area contributed by atoms with E-state index in [1.54, 1.807) is 0 Å². The van der Waals surface area contributed by atoms with Crippen molar-refractivity contribution in [1.82, 2.24) is 25.4 Å². The summed E-state index contributed by atoms with van der Waals surface area (Å²) in [6.45, 7) is 8.87. The molecule has 1 unspecified atom stereocenters. The number of aryl methyl sites for hydroxylation is 1. The normalized spacial score (nSPS) is 16.6. The number of hydrogen-bond donors (Lipinski definition) is 2. The van der Waals surface area contributed by atoms with E-state index in [2.05, 4.69) is 51.2 Å². The lowest BCUT2D eigenvalue weighted by Crippen LogP contribution is -2.42. The SMILES string of the molecule is CCNC(=NCc1nnc2n1CCCC2)NC(C)CC. The molecule has 1 aliphatic rings. The second-order valence-electron chi connectivity index (χ2n) is 5.29. The first-order valence-electron chi connectivity index (χ1n) is 7.70. The molecule has 0 aromatic carbocycles. The van der Waals surface area contributed by atoms with Crippen LogP contribution < -0.4 is 10.6 Å². The molecule has 20 heavy (non-hydrogen) atoms. The molecule has 1 aliphatic heterocycles. The third-order valence-electron chi connectivity index (χ3n) is 3.65. The maximum Gasteiger partial charge on any atom is 0.191 e. The van der Waals surface area contributed by atoms with Crippen molar-refractivity contribution in [2.45, 2.75) is 65.6 Å². The summed E-state index contributed by atoms with van der Waals surface area (Å²) in [6, 6.07) is 0.417. The number of guanidine groups is 1. The van der Waals surface area contributed by atoms with Crippen molar-refractivity contribution in [3.8, 4) is 0 Å². The predicted octanol–water partition coefficient (Wildman–Crippen LogP) is 1.47. The second-order valence-corrected chi connectivity index (χ2v) is 5.29. The zero-order chi connectivity index (χ0) is 14.4. The minimum Gasteiger partial charge on any atom is -0.357 e. The fourth-order valence-electron chi connectivity index (χ4n) is 2.29. The Bertz CT molecular complexity index is 451. The van der Waals surface area contributed by atoms with Crippen molar-refractivity contribution < 1.29 is 0 Å². The summed E-state index contributed by atoms with van der Waals surface area (Å²) in [6.07, 6.45) is 4.55. The molecule has 1 aromatic rings. The molecule has 112 valence electrons. The van der Waals surface area contributed by atoms with Crippen LogP contribution in [0.2, 0.25) is 0 Å². The lowest BCUT2D eigenvalue weighted by molar-refractivity contribution is 0.507. The van der Waals surface area contributed by atoms with Gasteiger partial charge in [-0.2, -0.15) is 0 Å². The Balaban J connectivity index is 2.03. The molecule has 2 rings (SSSR count). The Morgan fingerprint density at radius 3 is 2.95 bits per heavy atom. The molecule has 2 N–H and O–H groups in total. The monoisotopic (exact) mass is 278 g/mol. The number of nitrogens with one attached hydrogen (secondary N) is 2. The molecular formula is C14H26N6. The van der Waals surface area contributed by atoms with Gasteiger partial charge < -0.3 is 15.2 Å². The molecule has 0 bridgehead atoms. The molecule has 6 heteroatoms. The van der Waals surface area contributed by atoms with Gasteiger partial charge in [-0.25, -0.2) is 4.99 Å². The van der Waals surface area contributed by atoms with Crippen LogP contribution in [0.1, 0.15) is 51.7 Å². The van der Waals surface area contributed by atoms with Gasteiger partial charge in [0.15, 0.2) is 11.8 Å². The summed E-state index contributed by atoms with van der Waals surface area (Å²) in [7, 11) is 0. The van der Waals surface area contributed by atoms with Crippen molar-refractivity contribution in [3.63, 3.8) is 0 Å². The Hall–Kier alpha value is -1.59. The van der Waals surface area contributed by atoms with Gasteiger partial charge in [-0.3, -0.25) is 0 Å². The molecule has 0 saturated heterocycles. The van der Waals surface area contributed by atoms with E-state index in [0.29, 0.717) is 12.6 Å². The van der Waals surface area contributed by atoms with Crippen LogP contribution >= 0.6 is 0 Å². The van der Waals surface area contributed by atoms with Crippen LogP contribution in [0.5, 0.6) is 0 Å². The number of aliphatic imine (C=N–C) groups is 1. The highest BCUT2D eigenvalue weighted by Crippen LogP contribution is 2.14. The number of fused-ring (bicyclic) bond motifs is 1. The first-order valence-corrected chi connectivity index (χ1v) is 7.70. The van der Waals surface area contributed by atoms with E-state index < -0.39 is 0 Å². The van der Waals surface area contributed by atoms with Gasteiger partial charge in [0.2, 0.25) is 0 Å². The maximum absolute atomic E-state index is 4.62. The fourth-order valence-corrected chi connectivity index (χ4v) is 2.29. The summed E-state index contributed by atoms with van der Waals surface area (Å²) in [4.78, 5) is 4.62. The minimum atomic E-state index is 0.417. The summed E-state index contributed by atoms with van der Waals surface area (Å²) in [5.41, 5.74) is 0. The zero-order valence-electron chi connectivity index (χ0n) is 12.8. The quantitative estimate of drug-likeness (QED) is 0.632. The maximum atomic E-state index is 4.62. The number of nitrogens with zero attached hydrogens (tertiary/aromatic N) is 4. The zero-order valence-corrected chi connectivity index (χ0v) is 12.8. The van der Waals surface area contributed by atoms with Gasteiger partial charge in [0.05, 0.1) is 0 Å². The van der Waals surface area contributed by atoms with E-state index in [4.69, 9.17) is 0 Å². The lowest BCUT2D eigenvalue weighted by Gasteiger charge is -2.17. The van der Waals surface area contributed by atoms with Gasteiger partial charge in [-0.15, -0.1) is 10.2 Å². The molecule has 0 aliphatic carbocycles. The van der Waals surface area contributed by atoms with E-state index in [-0.39, 0.29) is 0 Å². The minimum absolute atomic E-state index is 0.417. The summed E-state index contributed by atoms with van der Waals surface area (Å²) >= 11 is 0. The molecule has 0 radical (unpaired) electrons. The molecule has 0 spiro atoms. The van der Waals surface area contributed by atoms with Gasteiger partial charge in [0.25, 0.3) is 0 Å². The van der Waals surface area contributed by atoms with Gasteiger partial charge >= 0.3 is 0 Å². The second kappa shape index (κ2) is 7.26. The summed E-state index contributed by atoms with van der Waals surface area (Å²) in [5, 5.41) is 15.2. The van der Waals surface area contributed by atoms with Crippen LogP contribution in [-0.4, -0.2) is 33.3 Å². The third-order valence-corrected chi connectivity index (χ3v) is 3.65. The third kappa shape index (κ3) is 3.71. The predicted molar refractivity (Wildman–Crippen MR) is 80.7 cm³/mol. The average molecular weight is 278 g/mol. The van der Waals surface area contributed by atoms with Crippen molar-refractivity contribution >= 4 is 5.96 Å². The van der Waals surface area contributed by atoms with Gasteiger partial charge in [0, 0.05) is 25.6 Å². The van der Waals surface area contributed by atoms with Crippen LogP contribution in [0.15, 0.2) is 4.99 Å². The van der Waals surface area contributed by atoms with Crippen LogP contribution in [0, 0.1) is 0 Å². The number of hydrogen-bond acceptors (Lipinski definition) is 3. The molecule has 2 heterocycles. The van der Waals surface area contributed by atoms with Crippen molar-refractivity contribution in [3.05, 3.63) is 11.6 Å². The summed E-state index contributed by atoms with van der Waals surface area (Å²) < 4.78 is 2.22. The smallest absolute Gasteiger partial charge is 0.191 e. The summed E-state index contributed by atoms with van der Waals surface area (Å²) in [5.74, 6) is 2.94. The molecule has 0 saturated carbocycles. The molecule has 0 fully saturated rings. The number of aromatic nitrogens is 3. The first kappa shape index (κ1) is 14.8. The van der Waals surface area contributed by atoms with E-state index in [0.717, 1.165) is 43.5 Å². The molecule has 1 aromatic heterocycles. The van der Waals surface area contributed by atoms with E-state index in [1.807, 2.05) is 0 Å².